The van der Waals surface area contributed by atoms with Crippen molar-refractivity contribution in [2.75, 3.05) is 26.8 Å². The second kappa shape index (κ2) is 10.4. The Bertz CT molecular complexity index is 411. The Morgan fingerprint density at radius 1 is 1.18 bits per heavy atom. The Morgan fingerprint density at radius 2 is 1.73 bits per heavy atom. The highest BCUT2D eigenvalue weighted by Gasteiger charge is 2.12. The SMILES string of the molecule is CC(C)C(=O)OCCCCOC(=O)NC(=N)N(C)CC(=O)O. The number of nitrogens with zero attached hydrogens (tertiary/aromatic N) is 1. The number of nitrogens with one attached hydrogen (secondary N) is 2. The van der Waals surface area contributed by atoms with E-state index in [1.807, 2.05) is 0 Å². The first kappa shape index (κ1) is 19.7. The Balaban J connectivity index is 3.72. The van der Waals surface area contributed by atoms with Crippen molar-refractivity contribution in [2.24, 2.45) is 5.92 Å². The second-order valence-electron chi connectivity index (χ2n) is 4.89. The van der Waals surface area contributed by atoms with Crippen molar-refractivity contribution >= 4 is 24.0 Å². The molecule has 0 fully saturated rings. The minimum Gasteiger partial charge on any atom is -0.480 e. The number of carbonyl (C=O) groups excluding carboxylic acids is 2. The van der Waals surface area contributed by atoms with Crippen LogP contribution in [0.3, 0.4) is 0 Å². The molecule has 0 aromatic rings. The van der Waals surface area contributed by atoms with Gasteiger partial charge in [-0.2, -0.15) is 0 Å². The molecule has 0 rings (SSSR count). The van der Waals surface area contributed by atoms with Crippen molar-refractivity contribution in [1.29, 1.82) is 5.41 Å². The van der Waals surface area contributed by atoms with Gasteiger partial charge >= 0.3 is 18.0 Å². The summed E-state index contributed by atoms with van der Waals surface area (Å²) < 4.78 is 9.77. The van der Waals surface area contributed by atoms with Gasteiger partial charge in [0, 0.05) is 7.05 Å². The van der Waals surface area contributed by atoms with E-state index in [-0.39, 0.29) is 31.1 Å². The zero-order valence-corrected chi connectivity index (χ0v) is 13.0. The number of ether oxygens (including phenoxy) is 2. The van der Waals surface area contributed by atoms with E-state index in [1.54, 1.807) is 13.8 Å². The van der Waals surface area contributed by atoms with Crippen LogP contribution in [0.5, 0.6) is 0 Å². The number of hydrogen-bond donors (Lipinski definition) is 3. The Morgan fingerprint density at radius 3 is 2.23 bits per heavy atom. The van der Waals surface area contributed by atoms with Gasteiger partial charge in [-0.3, -0.25) is 20.3 Å². The molecule has 0 spiro atoms. The monoisotopic (exact) mass is 317 g/mol. The maximum Gasteiger partial charge on any atom is 0.413 e. The number of carbonyl (C=O) groups is 3. The van der Waals surface area contributed by atoms with Crippen LogP contribution < -0.4 is 5.32 Å². The summed E-state index contributed by atoms with van der Waals surface area (Å²) in [6.07, 6.45) is 0.237. The summed E-state index contributed by atoms with van der Waals surface area (Å²) in [5.74, 6) is -1.92. The summed E-state index contributed by atoms with van der Waals surface area (Å²) in [6, 6.07) is 0. The first-order valence-electron chi connectivity index (χ1n) is 6.86. The molecule has 0 saturated heterocycles. The van der Waals surface area contributed by atoms with E-state index in [4.69, 9.17) is 20.0 Å². The number of guanidine groups is 1. The van der Waals surface area contributed by atoms with E-state index in [0.717, 1.165) is 4.90 Å². The standard InChI is InChI=1S/C13H23N3O6/c1-9(2)11(19)21-6-4-5-7-22-13(20)15-12(14)16(3)8-10(17)18/h9H,4-8H2,1-3H3,(H,17,18)(H2,14,15,20). The lowest BCUT2D eigenvalue weighted by atomic mass is 10.2. The van der Waals surface area contributed by atoms with Gasteiger partial charge in [0.1, 0.15) is 6.54 Å². The summed E-state index contributed by atoms with van der Waals surface area (Å²) in [7, 11) is 1.36. The molecule has 3 N–H and O–H groups in total. The van der Waals surface area contributed by atoms with Crippen molar-refractivity contribution < 1.29 is 29.0 Å². The van der Waals surface area contributed by atoms with Gasteiger partial charge in [-0.05, 0) is 12.8 Å². The van der Waals surface area contributed by atoms with Crippen LogP contribution in [0.4, 0.5) is 4.79 Å². The lowest BCUT2D eigenvalue weighted by Crippen LogP contribution is -2.43. The number of unbranched alkanes of at least 4 members (excludes halogenated alkanes) is 1. The highest BCUT2D eigenvalue weighted by molar-refractivity contribution is 5.93. The molecule has 0 aliphatic rings. The Hall–Kier alpha value is -2.32. The summed E-state index contributed by atoms with van der Waals surface area (Å²) in [5.41, 5.74) is 0. The Kier molecular flexibility index (Phi) is 9.31. The molecule has 0 radical (unpaired) electrons. The highest BCUT2D eigenvalue weighted by Crippen LogP contribution is 1.98. The van der Waals surface area contributed by atoms with E-state index in [2.05, 4.69) is 5.32 Å². The van der Waals surface area contributed by atoms with Crippen molar-refractivity contribution in [3.05, 3.63) is 0 Å². The first-order chi connectivity index (χ1) is 10.2. The molecule has 0 bridgehead atoms. The minimum absolute atomic E-state index is 0.112. The molecule has 0 aliphatic heterocycles. The van der Waals surface area contributed by atoms with Gasteiger partial charge in [-0.1, -0.05) is 13.8 Å². The molecule has 0 aliphatic carbocycles. The molecule has 0 unspecified atom stereocenters. The van der Waals surface area contributed by atoms with Crippen LogP contribution in [-0.4, -0.2) is 60.8 Å². The molecule has 22 heavy (non-hydrogen) atoms. The molecule has 0 aromatic heterocycles. The smallest absolute Gasteiger partial charge is 0.413 e. The van der Waals surface area contributed by atoms with Gasteiger partial charge in [-0.25, -0.2) is 4.79 Å². The molecular weight excluding hydrogens is 294 g/mol. The fourth-order valence-corrected chi connectivity index (χ4v) is 1.22. The molecule has 9 heteroatoms. The maximum absolute atomic E-state index is 11.3. The van der Waals surface area contributed by atoms with Gasteiger partial charge in [0.05, 0.1) is 19.1 Å². The van der Waals surface area contributed by atoms with Crippen molar-refractivity contribution in [3.8, 4) is 0 Å². The summed E-state index contributed by atoms with van der Waals surface area (Å²) in [5, 5.41) is 18.1. The molecule has 126 valence electrons. The fraction of sp³-hybridized carbons (Fsp3) is 0.692. The number of rotatable bonds is 8. The minimum atomic E-state index is -1.11. The third-order valence-electron chi connectivity index (χ3n) is 2.46. The normalized spacial score (nSPS) is 10.0. The summed E-state index contributed by atoms with van der Waals surface area (Å²) in [6.45, 7) is 3.46. The third-order valence-corrected chi connectivity index (χ3v) is 2.46. The number of carboxylic acids is 1. The third kappa shape index (κ3) is 9.56. The number of hydrogen-bond acceptors (Lipinski definition) is 6. The number of amides is 1. The van der Waals surface area contributed by atoms with Crippen LogP contribution in [0, 0.1) is 11.3 Å². The van der Waals surface area contributed by atoms with Crippen molar-refractivity contribution in [3.63, 3.8) is 0 Å². The summed E-state index contributed by atoms with van der Waals surface area (Å²) >= 11 is 0. The van der Waals surface area contributed by atoms with Gasteiger partial charge in [0.25, 0.3) is 0 Å². The molecular formula is C13H23N3O6. The van der Waals surface area contributed by atoms with E-state index in [1.165, 1.54) is 7.05 Å². The van der Waals surface area contributed by atoms with Crippen LogP contribution in [0.2, 0.25) is 0 Å². The van der Waals surface area contributed by atoms with Crippen LogP contribution >= 0.6 is 0 Å². The average Bonchev–Trinajstić information content (AvgIpc) is 2.41. The molecule has 9 nitrogen and oxygen atoms in total. The van der Waals surface area contributed by atoms with Crippen LogP contribution in [0.15, 0.2) is 0 Å². The predicted octanol–water partition coefficient (Wildman–Crippen LogP) is 0.643. The second-order valence-corrected chi connectivity index (χ2v) is 4.89. The number of carboxylic acid groups (broad SMARTS) is 1. The molecule has 0 saturated carbocycles. The van der Waals surface area contributed by atoms with Crippen LogP contribution in [0.1, 0.15) is 26.7 Å². The lowest BCUT2D eigenvalue weighted by molar-refractivity contribution is -0.147. The summed E-state index contributed by atoms with van der Waals surface area (Å²) in [4.78, 5) is 34.0. The van der Waals surface area contributed by atoms with Gasteiger partial charge < -0.3 is 19.5 Å². The van der Waals surface area contributed by atoms with E-state index in [9.17, 15) is 14.4 Å². The highest BCUT2D eigenvalue weighted by atomic mass is 16.5. The molecule has 0 aromatic carbocycles. The van der Waals surface area contributed by atoms with Gasteiger partial charge in [0.15, 0.2) is 0 Å². The van der Waals surface area contributed by atoms with E-state index >= 15 is 0 Å². The molecule has 0 atom stereocenters. The first-order valence-corrected chi connectivity index (χ1v) is 6.86. The van der Waals surface area contributed by atoms with Crippen LogP contribution in [-0.2, 0) is 19.1 Å². The predicted molar refractivity (Wildman–Crippen MR) is 77.5 cm³/mol. The topological polar surface area (TPSA) is 129 Å². The number of aliphatic carboxylic acids is 1. The van der Waals surface area contributed by atoms with E-state index in [0.29, 0.717) is 12.8 Å². The zero-order valence-electron chi connectivity index (χ0n) is 13.0. The number of alkyl carbamates (subject to hydrolysis) is 1. The van der Waals surface area contributed by atoms with Crippen LogP contribution in [0.25, 0.3) is 0 Å². The molecule has 1 amide bonds. The number of esters is 1. The quantitative estimate of drug-likeness (QED) is 0.259. The average molecular weight is 317 g/mol. The van der Waals surface area contributed by atoms with Gasteiger partial charge in [0.2, 0.25) is 5.96 Å². The largest absolute Gasteiger partial charge is 0.480 e. The lowest BCUT2D eigenvalue weighted by Gasteiger charge is -2.17. The van der Waals surface area contributed by atoms with Gasteiger partial charge in [-0.15, -0.1) is 0 Å². The zero-order chi connectivity index (χ0) is 17.1. The van der Waals surface area contributed by atoms with Crippen molar-refractivity contribution in [2.45, 2.75) is 26.7 Å². The number of likely N-dealkylation sites (N-methyl/N-ethyl adjacent to an activating group) is 1. The Labute approximate surface area is 129 Å². The van der Waals surface area contributed by atoms with E-state index < -0.39 is 18.6 Å². The molecule has 0 heterocycles. The fourth-order valence-electron chi connectivity index (χ4n) is 1.22. The maximum atomic E-state index is 11.3. The van der Waals surface area contributed by atoms with Crippen molar-refractivity contribution in [1.82, 2.24) is 10.2 Å².